The molecule has 1 heterocycles. The zero-order valence-corrected chi connectivity index (χ0v) is 13.3. The van der Waals surface area contributed by atoms with E-state index in [0.29, 0.717) is 44.0 Å². The Labute approximate surface area is 125 Å². The SMILES string of the molecule is COCCOCCCCNS(=O)(=O)c1n[nH]c(C)c1CN. The van der Waals surface area contributed by atoms with Crippen LogP contribution in [0.4, 0.5) is 0 Å². The van der Waals surface area contributed by atoms with Crippen LogP contribution in [0.1, 0.15) is 24.1 Å². The van der Waals surface area contributed by atoms with Gasteiger partial charge in [-0.15, -0.1) is 0 Å². The number of methoxy groups -OCH3 is 1. The van der Waals surface area contributed by atoms with E-state index in [0.717, 1.165) is 6.42 Å². The fourth-order valence-electron chi connectivity index (χ4n) is 1.74. The summed E-state index contributed by atoms with van der Waals surface area (Å²) in [6.45, 7) is 3.91. The maximum atomic E-state index is 12.1. The minimum absolute atomic E-state index is 0.0150. The molecule has 21 heavy (non-hydrogen) atoms. The number of sulfonamides is 1. The van der Waals surface area contributed by atoms with E-state index in [1.807, 2.05) is 0 Å². The van der Waals surface area contributed by atoms with E-state index in [1.165, 1.54) is 0 Å². The van der Waals surface area contributed by atoms with Gasteiger partial charge >= 0.3 is 0 Å². The summed E-state index contributed by atoms with van der Waals surface area (Å²) in [5.41, 5.74) is 6.74. The lowest BCUT2D eigenvalue weighted by Crippen LogP contribution is -2.26. The van der Waals surface area contributed by atoms with Crippen molar-refractivity contribution in [2.24, 2.45) is 5.73 Å². The molecule has 0 aromatic carbocycles. The van der Waals surface area contributed by atoms with Gasteiger partial charge in [-0.3, -0.25) is 5.10 Å². The minimum atomic E-state index is -3.62. The van der Waals surface area contributed by atoms with Crippen molar-refractivity contribution in [1.29, 1.82) is 0 Å². The quantitative estimate of drug-likeness (QED) is 0.490. The fourth-order valence-corrected chi connectivity index (χ4v) is 3.02. The highest BCUT2D eigenvalue weighted by Gasteiger charge is 2.22. The zero-order valence-electron chi connectivity index (χ0n) is 12.5. The summed E-state index contributed by atoms with van der Waals surface area (Å²) >= 11 is 0. The number of hydrogen-bond acceptors (Lipinski definition) is 6. The number of nitrogens with one attached hydrogen (secondary N) is 2. The highest BCUT2D eigenvalue weighted by Crippen LogP contribution is 2.15. The van der Waals surface area contributed by atoms with Gasteiger partial charge in [0.15, 0.2) is 5.03 Å². The molecule has 0 unspecified atom stereocenters. The summed E-state index contributed by atoms with van der Waals surface area (Å²) < 4.78 is 36.9. The maximum Gasteiger partial charge on any atom is 0.260 e. The zero-order chi connectivity index (χ0) is 15.7. The topological polar surface area (TPSA) is 119 Å². The summed E-state index contributed by atoms with van der Waals surface area (Å²) in [5, 5.41) is 6.44. The molecule has 0 aliphatic rings. The Morgan fingerprint density at radius 1 is 1.29 bits per heavy atom. The third-order valence-electron chi connectivity index (χ3n) is 2.93. The van der Waals surface area contributed by atoms with Crippen molar-refractivity contribution in [2.75, 3.05) is 33.5 Å². The standard InChI is InChI=1S/C12H24N4O4S/c1-10-11(9-13)12(16-15-10)21(17,18)14-5-3-4-6-20-8-7-19-2/h14H,3-9,13H2,1-2H3,(H,15,16). The number of unbranched alkanes of at least 4 members (excludes halogenated alkanes) is 1. The average Bonchev–Trinajstić information content (AvgIpc) is 2.83. The molecule has 1 rings (SSSR count). The second-order valence-corrected chi connectivity index (χ2v) is 6.23. The molecule has 1 aromatic rings. The summed E-state index contributed by atoms with van der Waals surface area (Å²) in [6.07, 6.45) is 1.46. The van der Waals surface area contributed by atoms with Gasteiger partial charge in [0.2, 0.25) is 0 Å². The Morgan fingerprint density at radius 3 is 2.71 bits per heavy atom. The number of aromatic nitrogens is 2. The molecule has 0 saturated heterocycles. The number of ether oxygens (including phenoxy) is 2. The van der Waals surface area contributed by atoms with E-state index in [4.69, 9.17) is 15.2 Å². The molecule has 9 heteroatoms. The minimum Gasteiger partial charge on any atom is -0.382 e. The van der Waals surface area contributed by atoms with Crippen LogP contribution in [0.25, 0.3) is 0 Å². The highest BCUT2D eigenvalue weighted by atomic mass is 32.2. The van der Waals surface area contributed by atoms with Crippen molar-refractivity contribution in [3.05, 3.63) is 11.3 Å². The number of H-pyrrole nitrogens is 1. The molecule has 0 amide bonds. The molecule has 0 radical (unpaired) electrons. The van der Waals surface area contributed by atoms with Crippen molar-refractivity contribution in [2.45, 2.75) is 31.3 Å². The molecule has 0 aliphatic heterocycles. The molecule has 8 nitrogen and oxygen atoms in total. The smallest absolute Gasteiger partial charge is 0.260 e. The molecule has 0 saturated carbocycles. The number of nitrogens with two attached hydrogens (primary N) is 1. The van der Waals surface area contributed by atoms with Gasteiger partial charge in [-0.25, -0.2) is 13.1 Å². The number of hydrogen-bond donors (Lipinski definition) is 3. The normalized spacial score (nSPS) is 12.0. The van der Waals surface area contributed by atoms with Gasteiger partial charge in [-0.1, -0.05) is 0 Å². The van der Waals surface area contributed by atoms with Crippen LogP contribution < -0.4 is 10.5 Å². The lowest BCUT2D eigenvalue weighted by Gasteiger charge is -2.06. The van der Waals surface area contributed by atoms with Gasteiger partial charge in [0.25, 0.3) is 10.0 Å². The van der Waals surface area contributed by atoms with Gasteiger partial charge in [-0.05, 0) is 19.8 Å². The molecule has 0 spiro atoms. The maximum absolute atomic E-state index is 12.1. The van der Waals surface area contributed by atoms with Crippen molar-refractivity contribution in [3.8, 4) is 0 Å². The van der Waals surface area contributed by atoms with E-state index < -0.39 is 10.0 Å². The van der Waals surface area contributed by atoms with Crippen molar-refractivity contribution in [3.63, 3.8) is 0 Å². The third-order valence-corrected chi connectivity index (χ3v) is 4.36. The van der Waals surface area contributed by atoms with E-state index in [9.17, 15) is 8.42 Å². The largest absolute Gasteiger partial charge is 0.382 e. The lowest BCUT2D eigenvalue weighted by atomic mass is 10.3. The van der Waals surface area contributed by atoms with E-state index in [2.05, 4.69) is 14.9 Å². The number of rotatable bonds is 11. The van der Waals surface area contributed by atoms with Gasteiger partial charge in [0.05, 0.1) is 13.2 Å². The first-order valence-corrected chi connectivity index (χ1v) is 8.31. The van der Waals surface area contributed by atoms with Crippen molar-refractivity contribution in [1.82, 2.24) is 14.9 Å². The Hall–Kier alpha value is -1.00. The van der Waals surface area contributed by atoms with Crippen LogP contribution >= 0.6 is 0 Å². The number of nitrogens with zero attached hydrogens (tertiary/aromatic N) is 1. The third kappa shape index (κ3) is 5.71. The van der Waals surface area contributed by atoms with Crippen LogP contribution in [-0.4, -0.2) is 52.1 Å². The number of aromatic amines is 1. The van der Waals surface area contributed by atoms with Gasteiger partial charge in [0.1, 0.15) is 0 Å². The monoisotopic (exact) mass is 320 g/mol. The molecular weight excluding hydrogens is 296 g/mol. The first-order chi connectivity index (χ1) is 10.0. The van der Waals surface area contributed by atoms with Gasteiger partial charge in [0, 0.05) is 38.1 Å². The predicted molar refractivity (Wildman–Crippen MR) is 78.3 cm³/mol. The molecule has 0 aliphatic carbocycles. The Balaban J connectivity index is 2.33. The molecule has 0 atom stereocenters. The Kier molecular flexibility index (Phi) is 7.83. The van der Waals surface area contributed by atoms with Crippen LogP contribution in [0.3, 0.4) is 0 Å². The molecule has 0 fully saturated rings. The summed E-state index contributed by atoms with van der Waals surface area (Å²) in [6, 6.07) is 0. The molecule has 1 aromatic heterocycles. The Morgan fingerprint density at radius 2 is 2.05 bits per heavy atom. The van der Waals surface area contributed by atoms with E-state index >= 15 is 0 Å². The van der Waals surface area contributed by atoms with Crippen LogP contribution in [0.15, 0.2) is 5.03 Å². The van der Waals surface area contributed by atoms with Gasteiger partial charge < -0.3 is 15.2 Å². The van der Waals surface area contributed by atoms with Crippen LogP contribution in [-0.2, 0) is 26.0 Å². The number of aryl methyl sites for hydroxylation is 1. The van der Waals surface area contributed by atoms with E-state index in [-0.39, 0.29) is 11.6 Å². The van der Waals surface area contributed by atoms with Crippen LogP contribution in [0.5, 0.6) is 0 Å². The molecule has 0 bridgehead atoms. The summed E-state index contributed by atoms with van der Waals surface area (Å²) in [7, 11) is -2.00. The first-order valence-electron chi connectivity index (χ1n) is 6.83. The predicted octanol–water partition coefficient (Wildman–Crippen LogP) is -0.102. The molecular formula is C12H24N4O4S. The lowest BCUT2D eigenvalue weighted by molar-refractivity contribution is 0.0689. The molecule has 122 valence electrons. The van der Waals surface area contributed by atoms with Crippen LogP contribution in [0.2, 0.25) is 0 Å². The summed E-state index contributed by atoms with van der Waals surface area (Å²) in [5.74, 6) is 0. The fraction of sp³-hybridized carbons (Fsp3) is 0.750. The summed E-state index contributed by atoms with van der Waals surface area (Å²) in [4.78, 5) is 0. The first kappa shape index (κ1) is 18.1. The van der Waals surface area contributed by atoms with E-state index in [1.54, 1.807) is 14.0 Å². The van der Waals surface area contributed by atoms with Crippen molar-refractivity contribution < 1.29 is 17.9 Å². The second-order valence-electron chi connectivity index (χ2n) is 4.55. The highest BCUT2D eigenvalue weighted by molar-refractivity contribution is 7.89. The Bertz CT molecular complexity index is 515. The van der Waals surface area contributed by atoms with Gasteiger partial charge in [-0.2, -0.15) is 5.10 Å². The molecule has 4 N–H and O–H groups in total. The van der Waals surface area contributed by atoms with Crippen molar-refractivity contribution >= 4 is 10.0 Å². The average molecular weight is 320 g/mol. The van der Waals surface area contributed by atoms with Crippen LogP contribution in [0, 0.1) is 6.92 Å². The second kappa shape index (κ2) is 9.11.